The molecule has 2 aromatic heterocycles. The number of carbonyl (C=O) groups is 1. The van der Waals surface area contributed by atoms with Crippen molar-refractivity contribution < 1.29 is 9.53 Å². The van der Waals surface area contributed by atoms with Crippen molar-refractivity contribution in [3.05, 3.63) is 78.4 Å². The number of H-pyrrole nitrogens is 1. The third-order valence-corrected chi connectivity index (χ3v) is 4.31. The molecule has 0 aliphatic rings. The standard InChI is InChI=1S/C21H18N4O2/c1-27-17-8-6-14(7-9-17)19-11-16(23-13-24-19)12-22-21(26)20-10-15-4-2-3-5-18(15)25-20/h2-11,13,25H,12H2,1H3,(H,22,26). The van der Waals surface area contributed by atoms with E-state index in [1.165, 1.54) is 6.33 Å². The van der Waals surface area contributed by atoms with Crippen LogP contribution in [0.1, 0.15) is 16.2 Å². The largest absolute Gasteiger partial charge is 0.497 e. The van der Waals surface area contributed by atoms with E-state index < -0.39 is 0 Å². The summed E-state index contributed by atoms with van der Waals surface area (Å²) in [7, 11) is 1.63. The molecule has 6 nitrogen and oxygen atoms in total. The maximum Gasteiger partial charge on any atom is 0.268 e. The van der Waals surface area contributed by atoms with Crippen LogP contribution in [0.15, 0.2) is 67.0 Å². The van der Waals surface area contributed by atoms with Gasteiger partial charge in [-0.15, -0.1) is 0 Å². The van der Waals surface area contributed by atoms with E-state index in [0.29, 0.717) is 12.2 Å². The van der Waals surface area contributed by atoms with E-state index in [-0.39, 0.29) is 5.91 Å². The Kier molecular flexibility index (Phi) is 4.53. The smallest absolute Gasteiger partial charge is 0.268 e. The van der Waals surface area contributed by atoms with Gasteiger partial charge < -0.3 is 15.0 Å². The zero-order chi connectivity index (χ0) is 18.6. The summed E-state index contributed by atoms with van der Waals surface area (Å²) in [6.07, 6.45) is 1.50. The van der Waals surface area contributed by atoms with Gasteiger partial charge in [0.2, 0.25) is 0 Å². The summed E-state index contributed by atoms with van der Waals surface area (Å²) in [4.78, 5) is 24.1. The molecule has 2 N–H and O–H groups in total. The van der Waals surface area contributed by atoms with Gasteiger partial charge in [-0.25, -0.2) is 9.97 Å². The van der Waals surface area contributed by atoms with Crippen molar-refractivity contribution in [2.24, 2.45) is 0 Å². The number of para-hydroxylation sites is 1. The molecule has 0 radical (unpaired) electrons. The summed E-state index contributed by atoms with van der Waals surface area (Å²) in [5, 5.41) is 3.90. The highest BCUT2D eigenvalue weighted by Gasteiger charge is 2.10. The van der Waals surface area contributed by atoms with Crippen molar-refractivity contribution in [1.29, 1.82) is 0 Å². The summed E-state index contributed by atoms with van der Waals surface area (Å²) in [6.45, 7) is 0.319. The Morgan fingerprint density at radius 1 is 1.07 bits per heavy atom. The van der Waals surface area contributed by atoms with Crippen LogP contribution in [0.5, 0.6) is 5.75 Å². The van der Waals surface area contributed by atoms with Gasteiger partial charge >= 0.3 is 0 Å². The molecule has 27 heavy (non-hydrogen) atoms. The van der Waals surface area contributed by atoms with Crippen molar-refractivity contribution in [1.82, 2.24) is 20.3 Å². The minimum Gasteiger partial charge on any atom is -0.497 e. The Bertz CT molecular complexity index is 1050. The van der Waals surface area contributed by atoms with Gasteiger partial charge in [-0.1, -0.05) is 18.2 Å². The Morgan fingerprint density at radius 3 is 2.67 bits per heavy atom. The number of hydrogen-bond acceptors (Lipinski definition) is 4. The predicted molar refractivity (Wildman–Crippen MR) is 103 cm³/mol. The monoisotopic (exact) mass is 358 g/mol. The summed E-state index contributed by atoms with van der Waals surface area (Å²) in [5.74, 6) is 0.620. The van der Waals surface area contributed by atoms with E-state index >= 15 is 0 Å². The quantitative estimate of drug-likeness (QED) is 0.572. The van der Waals surface area contributed by atoms with Crippen LogP contribution >= 0.6 is 0 Å². The number of fused-ring (bicyclic) bond motifs is 1. The number of nitrogens with zero attached hydrogens (tertiary/aromatic N) is 2. The highest BCUT2D eigenvalue weighted by atomic mass is 16.5. The van der Waals surface area contributed by atoms with Crippen LogP contribution in [0.3, 0.4) is 0 Å². The maximum absolute atomic E-state index is 12.4. The van der Waals surface area contributed by atoms with Crippen molar-refractivity contribution in [2.45, 2.75) is 6.54 Å². The topological polar surface area (TPSA) is 79.9 Å². The van der Waals surface area contributed by atoms with Gasteiger partial charge in [0.15, 0.2) is 0 Å². The lowest BCUT2D eigenvalue weighted by Crippen LogP contribution is -2.23. The molecule has 1 amide bonds. The molecular weight excluding hydrogens is 340 g/mol. The Morgan fingerprint density at radius 2 is 1.89 bits per heavy atom. The molecule has 134 valence electrons. The summed E-state index contributed by atoms with van der Waals surface area (Å²) < 4.78 is 5.17. The lowest BCUT2D eigenvalue weighted by molar-refractivity contribution is 0.0946. The average Bonchev–Trinajstić information content (AvgIpc) is 3.17. The number of ether oxygens (including phenoxy) is 1. The highest BCUT2D eigenvalue weighted by Crippen LogP contribution is 2.20. The first-order chi connectivity index (χ1) is 13.2. The number of aromatic amines is 1. The van der Waals surface area contributed by atoms with Crippen LogP contribution in [-0.4, -0.2) is 28.0 Å². The van der Waals surface area contributed by atoms with Crippen molar-refractivity contribution in [3.8, 4) is 17.0 Å². The molecule has 0 bridgehead atoms. The highest BCUT2D eigenvalue weighted by molar-refractivity contribution is 5.97. The van der Waals surface area contributed by atoms with Gasteiger partial charge in [0.1, 0.15) is 17.8 Å². The molecule has 0 aliphatic heterocycles. The van der Waals surface area contributed by atoms with Crippen LogP contribution in [0, 0.1) is 0 Å². The third kappa shape index (κ3) is 3.64. The predicted octanol–water partition coefficient (Wildman–Crippen LogP) is 3.56. The first-order valence-corrected chi connectivity index (χ1v) is 8.54. The third-order valence-electron chi connectivity index (χ3n) is 4.31. The SMILES string of the molecule is COc1ccc(-c2cc(CNC(=O)c3cc4ccccc4[nH]3)ncn2)cc1. The van der Waals surface area contributed by atoms with Crippen molar-refractivity contribution >= 4 is 16.8 Å². The summed E-state index contributed by atoms with van der Waals surface area (Å²) in [6, 6.07) is 19.1. The number of hydrogen-bond donors (Lipinski definition) is 2. The summed E-state index contributed by atoms with van der Waals surface area (Å²) in [5.41, 5.74) is 3.95. The Hall–Kier alpha value is -3.67. The molecule has 2 aromatic carbocycles. The Balaban J connectivity index is 1.47. The molecule has 4 aromatic rings. The number of aromatic nitrogens is 3. The zero-order valence-electron chi connectivity index (χ0n) is 14.8. The number of methoxy groups -OCH3 is 1. The average molecular weight is 358 g/mol. The van der Waals surface area contributed by atoms with E-state index in [2.05, 4.69) is 20.3 Å². The minimum atomic E-state index is -0.171. The lowest BCUT2D eigenvalue weighted by atomic mass is 10.1. The molecule has 0 atom stereocenters. The number of benzene rings is 2. The number of nitrogens with one attached hydrogen (secondary N) is 2. The number of rotatable bonds is 5. The molecule has 0 unspecified atom stereocenters. The molecule has 0 aliphatic carbocycles. The van der Waals surface area contributed by atoms with Crippen LogP contribution in [-0.2, 0) is 6.54 Å². The first kappa shape index (κ1) is 16.8. The van der Waals surface area contributed by atoms with Gasteiger partial charge in [0.25, 0.3) is 5.91 Å². The van der Waals surface area contributed by atoms with Gasteiger partial charge in [-0.05, 0) is 42.5 Å². The van der Waals surface area contributed by atoms with Gasteiger partial charge in [0, 0.05) is 16.5 Å². The van der Waals surface area contributed by atoms with E-state index in [4.69, 9.17) is 4.74 Å². The van der Waals surface area contributed by atoms with Gasteiger partial charge in [-0.3, -0.25) is 4.79 Å². The van der Waals surface area contributed by atoms with E-state index in [0.717, 1.165) is 33.6 Å². The van der Waals surface area contributed by atoms with E-state index in [1.807, 2.05) is 60.7 Å². The Labute approximate surface area is 156 Å². The normalized spacial score (nSPS) is 10.7. The molecule has 0 saturated heterocycles. The molecule has 0 saturated carbocycles. The molecule has 6 heteroatoms. The number of carbonyl (C=O) groups excluding carboxylic acids is 1. The fraction of sp³-hybridized carbons (Fsp3) is 0.0952. The van der Waals surface area contributed by atoms with Crippen molar-refractivity contribution in [2.75, 3.05) is 7.11 Å². The zero-order valence-corrected chi connectivity index (χ0v) is 14.8. The molecule has 2 heterocycles. The second kappa shape index (κ2) is 7.29. The van der Waals surface area contributed by atoms with Crippen LogP contribution in [0.25, 0.3) is 22.2 Å². The lowest BCUT2D eigenvalue weighted by Gasteiger charge is -2.06. The maximum atomic E-state index is 12.4. The second-order valence-corrected chi connectivity index (χ2v) is 6.08. The molecule has 0 spiro atoms. The van der Waals surface area contributed by atoms with Gasteiger partial charge in [-0.2, -0.15) is 0 Å². The number of amides is 1. The van der Waals surface area contributed by atoms with Crippen LogP contribution in [0.2, 0.25) is 0 Å². The second-order valence-electron chi connectivity index (χ2n) is 6.08. The van der Waals surface area contributed by atoms with Crippen molar-refractivity contribution in [3.63, 3.8) is 0 Å². The van der Waals surface area contributed by atoms with E-state index in [9.17, 15) is 4.79 Å². The van der Waals surface area contributed by atoms with Crippen LogP contribution in [0.4, 0.5) is 0 Å². The van der Waals surface area contributed by atoms with E-state index in [1.54, 1.807) is 7.11 Å². The summed E-state index contributed by atoms with van der Waals surface area (Å²) >= 11 is 0. The van der Waals surface area contributed by atoms with Crippen LogP contribution < -0.4 is 10.1 Å². The first-order valence-electron chi connectivity index (χ1n) is 8.54. The van der Waals surface area contributed by atoms with Gasteiger partial charge in [0.05, 0.1) is 25.0 Å². The molecule has 4 rings (SSSR count). The fourth-order valence-electron chi connectivity index (χ4n) is 2.88. The molecular formula is C21H18N4O2. The fourth-order valence-corrected chi connectivity index (χ4v) is 2.88. The molecule has 0 fully saturated rings. The minimum absolute atomic E-state index is 0.171.